The highest BCUT2D eigenvalue weighted by molar-refractivity contribution is 7.92. The molecule has 0 bridgehead atoms. The van der Waals surface area contributed by atoms with E-state index in [1.165, 1.54) is 37.4 Å². The number of nitrogens with one attached hydrogen (secondary N) is 1. The number of methoxy groups -OCH3 is 1. The van der Waals surface area contributed by atoms with Crippen molar-refractivity contribution in [2.75, 3.05) is 38.0 Å². The van der Waals surface area contributed by atoms with Crippen molar-refractivity contribution in [2.24, 2.45) is 0 Å². The molecule has 2 amide bonds. The zero-order valence-corrected chi connectivity index (χ0v) is 19.9. The summed E-state index contributed by atoms with van der Waals surface area (Å²) in [7, 11) is -2.30. The first-order chi connectivity index (χ1) is 16.8. The highest BCUT2D eigenvalue weighted by Crippen LogP contribution is 2.21. The number of para-hydroxylation sites is 1. The molecule has 0 spiro atoms. The Morgan fingerprint density at radius 1 is 0.829 bits per heavy atom. The number of benzene rings is 3. The molecule has 1 aliphatic rings. The van der Waals surface area contributed by atoms with Crippen LogP contribution in [0.25, 0.3) is 0 Å². The number of sulfonamides is 1. The van der Waals surface area contributed by atoms with Gasteiger partial charge in [0.1, 0.15) is 11.5 Å². The van der Waals surface area contributed by atoms with Crippen LogP contribution < -0.4 is 9.46 Å². The lowest BCUT2D eigenvalue weighted by atomic mass is 10.1. The third kappa shape index (κ3) is 5.38. The highest BCUT2D eigenvalue weighted by atomic mass is 32.2. The molecule has 0 atom stereocenters. The molecule has 4 rings (SSSR count). The molecule has 0 aliphatic carbocycles. The lowest BCUT2D eigenvalue weighted by Gasteiger charge is -2.35. The van der Waals surface area contributed by atoms with Gasteiger partial charge in [0.05, 0.1) is 17.6 Å². The molecule has 10 heteroatoms. The van der Waals surface area contributed by atoms with E-state index in [0.29, 0.717) is 43.2 Å². The first kappa shape index (κ1) is 24.1. The van der Waals surface area contributed by atoms with Crippen LogP contribution in [0.5, 0.6) is 11.5 Å². The van der Waals surface area contributed by atoms with Gasteiger partial charge in [-0.05, 0) is 60.7 Å². The molecule has 1 heterocycles. The second-order valence-electron chi connectivity index (χ2n) is 7.96. The molecule has 0 aromatic heterocycles. The van der Waals surface area contributed by atoms with Crippen molar-refractivity contribution in [3.63, 3.8) is 0 Å². The van der Waals surface area contributed by atoms with E-state index in [1.54, 1.807) is 52.3 Å². The van der Waals surface area contributed by atoms with Gasteiger partial charge in [-0.15, -0.1) is 0 Å². The summed E-state index contributed by atoms with van der Waals surface area (Å²) in [4.78, 5) is 28.8. The molecule has 1 aliphatic heterocycles. The van der Waals surface area contributed by atoms with Crippen LogP contribution in [0, 0.1) is 0 Å². The molecule has 2 N–H and O–H groups in total. The number of nitrogens with zero attached hydrogens (tertiary/aromatic N) is 2. The van der Waals surface area contributed by atoms with E-state index >= 15 is 0 Å². The van der Waals surface area contributed by atoms with Gasteiger partial charge < -0.3 is 19.6 Å². The summed E-state index contributed by atoms with van der Waals surface area (Å²) in [5.74, 6) is 0.00703. The summed E-state index contributed by atoms with van der Waals surface area (Å²) in [6, 6.07) is 18.6. The Morgan fingerprint density at radius 2 is 1.40 bits per heavy atom. The minimum atomic E-state index is -3.83. The average molecular weight is 496 g/mol. The Balaban J connectivity index is 1.37. The van der Waals surface area contributed by atoms with Gasteiger partial charge in [0.2, 0.25) is 0 Å². The maximum Gasteiger partial charge on any atom is 0.261 e. The second-order valence-corrected chi connectivity index (χ2v) is 9.64. The molecular weight excluding hydrogens is 470 g/mol. The van der Waals surface area contributed by atoms with Crippen LogP contribution in [-0.4, -0.2) is 68.4 Å². The average Bonchev–Trinajstić information content (AvgIpc) is 2.88. The maximum absolute atomic E-state index is 12.9. The number of rotatable bonds is 6. The Labute approximate surface area is 203 Å². The number of anilines is 1. The van der Waals surface area contributed by atoms with E-state index < -0.39 is 10.0 Å². The Bertz CT molecular complexity index is 1320. The fraction of sp³-hybridized carbons (Fsp3) is 0.200. The van der Waals surface area contributed by atoms with E-state index in [1.807, 2.05) is 0 Å². The van der Waals surface area contributed by atoms with E-state index in [4.69, 9.17) is 4.74 Å². The summed E-state index contributed by atoms with van der Waals surface area (Å²) < 4.78 is 32.9. The zero-order valence-electron chi connectivity index (χ0n) is 19.0. The van der Waals surface area contributed by atoms with Crippen molar-refractivity contribution < 1.29 is 27.9 Å². The molecule has 35 heavy (non-hydrogen) atoms. The molecule has 182 valence electrons. The SMILES string of the molecule is COc1ccc(NS(=O)(=O)c2ccc(C(=O)N3CCN(C(=O)c4ccccc4O)CC3)cc2)cc1. The molecule has 0 unspecified atom stereocenters. The smallest absolute Gasteiger partial charge is 0.261 e. The molecule has 3 aromatic rings. The third-order valence-electron chi connectivity index (χ3n) is 5.74. The van der Waals surface area contributed by atoms with Crippen LogP contribution in [0.15, 0.2) is 77.7 Å². The molecule has 1 fully saturated rings. The maximum atomic E-state index is 12.9. The van der Waals surface area contributed by atoms with Gasteiger partial charge in [-0.2, -0.15) is 0 Å². The van der Waals surface area contributed by atoms with Gasteiger partial charge in [0, 0.05) is 37.4 Å². The normalized spacial score (nSPS) is 13.9. The quantitative estimate of drug-likeness (QED) is 0.543. The number of hydrogen-bond acceptors (Lipinski definition) is 6. The van der Waals surface area contributed by atoms with Crippen molar-refractivity contribution in [3.8, 4) is 11.5 Å². The van der Waals surface area contributed by atoms with Gasteiger partial charge in [0.15, 0.2) is 0 Å². The van der Waals surface area contributed by atoms with Crippen LogP contribution in [0.1, 0.15) is 20.7 Å². The van der Waals surface area contributed by atoms with E-state index in [-0.39, 0.29) is 28.0 Å². The summed E-state index contributed by atoms with van der Waals surface area (Å²) in [6.07, 6.45) is 0. The van der Waals surface area contributed by atoms with Crippen LogP contribution in [0.3, 0.4) is 0 Å². The summed E-state index contributed by atoms with van der Waals surface area (Å²) in [6.45, 7) is 1.32. The van der Waals surface area contributed by atoms with Gasteiger partial charge >= 0.3 is 0 Å². The first-order valence-electron chi connectivity index (χ1n) is 10.9. The third-order valence-corrected chi connectivity index (χ3v) is 7.14. The number of carbonyl (C=O) groups is 2. The summed E-state index contributed by atoms with van der Waals surface area (Å²) in [5, 5.41) is 9.92. The van der Waals surface area contributed by atoms with Gasteiger partial charge in [-0.1, -0.05) is 12.1 Å². The van der Waals surface area contributed by atoms with Gasteiger partial charge in [0.25, 0.3) is 21.8 Å². The molecule has 9 nitrogen and oxygen atoms in total. The number of carbonyl (C=O) groups excluding carboxylic acids is 2. The van der Waals surface area contributed by atoms with Crippen molar-refractivity contribution in [3.05, 3.63) is 83.9 Å². The monoisotopic (exact) mass is 495 g/mol. The van der Waals surface area contributed by atoms with Crippen molar-refractivity contribution in [1.82, 2.24) is 9.80 Å². The Hall–Kier alpha value is -4.05. The number of phenolic OH excluding ortho intramolecular Hbond substituents is 1. The Morgan fingerprint density at radius 3 is 1.97 bits per heavy atom. The molecule has 0 radical (unpaired) electrons. The number of ether oxygens (including phenoxy) is 1. The van der Waals surface area contributed by atoms with Crippen molar-refractivity contribution in [2.45, 2.75) is 4.90 Å². The van der Waals surface area contributed by atoms with E-state index in [0.717, 1.165) is 0 Å². The lowest BCUT2D eigenvalue weighted by Crippen LogP contribution is -2.50. The van der Waals surface area contributed by atoms with E-state index in [9.17, 15) is 23.1 Å². The highest BCUT2D eigenvalue weighted by Gasteiger charge is 2.27. The summed E-state index contributed by atoms with van der Waals surface area (Å²) in [5.41, 5.74) is 0.975. The number of amides is 2. The molecule has 1 saturated heterocycles. The summed E-state index contributed by atoms with van der Waals surface area (Å²) >= 11 is 0. The fourth-order valence-corrected chi connectivity index (χ4v) is 4.83. The van der Waals surface area contributed by atoms with Gasteiger partial charge in [-0.3, -0.25) is 14.3 Å². The zero-order chi connectivity index (χ0) is 25.0. The first-order valence-corrected chi connectivity index (χ1v) is 12.4. The van der Waals surface area contributed by atoms with Crippen molar-refractivity contribution >= 4 is 27.5 Å². The van der Waals surface area contributed by atoms with Crippen LogP contribution >= 0.6 is 0 Å². The Kier molecular flexibility index (Phi) is 6.92. The molecular formula is C25H25N3O6S. The minimum Gasteiger partial charge on any atom is -0.507 e. The number of aromatic hydroxyl groups is 1. The standard InChI is InChI=1S/C25H25N3O6S/c1-34-20-10-8-19(9-11-20)26-35(32,33)21-12-6-18(7-13-21)24(30)27-14-16-28(17-15-27)25(31)22-4-2-3-5-23(22)29/h2-13,26,29H,14-17H2,1H3. The minimum absolute atomic E-state index is 0.0305. The second kappa shape index (κ2) is 10.1. The predicted octanol–water partition coefficient (Wildman–Crippen LogP) is 2.80. The van der Waals surface area contributed by atoms with Crippen LogP contribution in [0.4, 0.5) is 5.69 Å². The number of hydrogen-bond donors (Lipinski definition) is 2. The predicted molar refractivity (Wildman–Crippen MR) is 130 cm³/mol. The number of phenols is 1. The fourth-order valence-electron chi connectivity index (χ4n) is 3.77. The van der Waals surface area contributed by atoms with Crippen molar-refractivity contribution in [1.29, 1.82) is 0 Å². The molecule has 3 aromatic carbocycles. The topological polar surface area (TPSA) is 116 Å². The van der Waals surface area contributed by atoms with Crippen LogP contribution in [-0.2, 0) is 10.0 Å². The van der Waals surface area contributed by atoms with Crippen LogP contribution in [0.2, 0.25) is 0 Å². The van der Waals surface area contributed by atoms with E-state index in [2.05, 4.69) is 4.72 Å². The number of piperazine rings is 1. The van der Waals surface area contributed by atoms with Gasteiger partial charge in [-0.25, -0.2) is 8.42 Å². The lowest BCUT2D eigenvalue weighted by molar-refractivity contribution is 0.0533. The largest absolute Gasteiger partial charge is 0.507 e. The molecule has 0 saturated carbocycles.